The number of fused-ring (bicyclic) bond motifs is 12. The third-order valence-corrected chi connectivity index (χ3v) is 26.9. The summed E-state index contributed by atoms with van der Waals surface area (Å²) in [5, 5.41) is 12.3. The van der Waals surface area contributed by atoms with Crippen molar-refractivity contribution < 1.29 is 0 Å². The van der Waals surface area contributed by atoms with Crippen LogP contribution in [0.5, 0.6) is 0 Å². The second kappa shape index (κ2) is 39.1. The van der Waals surface area contributed by atoms with E-state index in [1.54, 1.807) is 12.4 Å². The Kier molecular flexibility index (Phi) is 23.4. The number of hydrogen-bond acceptors (Lipinski definition) is 13. The fourth-order valence-corrected chi connectivity index (χ4v) is 19.8. The highest BCUT2D eigenvalue weighted by atomic mass is 15.0. The van der Waals surface area contributed by atoms with Gasteiger partial charge in [0.1, 0.15) is 0 Å². The summed E-state index contributed by atoms with van der Waals surface area (Å²) in [5.74, 6) is 2.62. The number of rotatable bonds is 16. The molecule has 0 bridgehead atoms. The van der Waals surface area contributed by atoms with Crippen LogP contribution in [0.3, 0.4) is 0 Å². The van der Waals surface area contributed by atoms with E-state index in [0.717, 1.165) is 194 Å². The fraction of sp³-hybridized carbons (Fsp3) is 0. The van der Waals surface area contributed by atoms with Gasteiger partial charge in [0.2, 0.25) is 0 Å². The van der Waals surface area contributed by atoms with Crippen molar-refractivity contribution in [3.05, 3.63) is 516 Å². The van der Waals surface area contributed by atoms with Crippen molar-refractivity contribution in [2.24, 2.45) is 0 Å². The van der Waals surface area contributed by atoms with Crippen molar-refractivity contribution >= 4 is 86.8 Å². The van der Waals surface area contributed by atoms with E-state index >= 15 is 0 Å². The Hall–Kier alpha value is -19.9. The lowest BCUT2D eigenvalue weighted by atomic mass is 9.92. The second-order valence-electron chi connectivity index (χ2n) is 35.9. The van der Waals surface area contributed by atoms with E-state index in [1.165, 1.54) is 49.5 Å². The van der Waals surface area contributed by atoms with Gasteiger partial charge < -0.3 is 0 Å². The minimum Gasteiger partial charge on any atom is -0.264 e. The highest BCUT2D eigenvalue weighted by Gasteiger charge is 2.24. The highest BCUT2D eigenvalue weighted by Crippen LogP contribution is 2.46. The van der Waals surface area contributed by atoms with E-state index < -0.39 is 0 Å². The number of benzene rings is 17. The first-order chi connectivity index (χ1) is 72.4. The molecule has 10 aromatic heterocycles. The van der Waals surface area contributed by atoms with Crippen LogP contribution in [-0.4, -0.2) is 64.8 Å². The summed E-state index contributed by atoms with van der Waals surface area (Å²) < 4.78 is 0. The molecule has 0 spiro atoms. The van der Waals surface area contributed by atoms with Crippen molar-refractivity contribution in [1.29, 1.82) is 0 Å². The zero-order valence-corrected chi connectivity index (χ0v) is 78.9. The van der Waals surface area contributed by atoms with Crippen LogP contribution in [0.25, 0.3) is 267 Å². The molecular formula is C133H85N13. The van der Waals surface area contributed by atoms with Crippen LogP contribution in [0, 0.1) is 0 Å². The molecule has 0 aliphatic carbocycles. The molecular weight excluding hydrogens is 1780 g/mol. The summed E-state index contributed by atoms with van der Waals surface area (Å²) in [6.07, 6.45) is 9.21. The number of aromatic nitrogens is 13. The molecule has 0 amide bonds. The summed E-state index contributed by atoms with van der Waals surface area (Å²) in [4.78, 5) is 64.3. The van der Waals surface area contributed by atoms with Crippen LogP contribution in [0.4, 0.5) is 0 Å². The molecule has 10 heterocycles. The average Bonchev–Trinajstić information content (AvgIpc) is 0.749. The molecule has 0 saturated carbocycles. The Morgan fingerprint density at radius 2 is 0.445 bits per heavy atom. The summed E-state index contributed by atoms with van der Waals surface area (Å²) >= 11 is 0. The molecule has 17 aromatic carbocycles. The van der Waals surface area contributed by atoms with Crippen LogP contribution >= 0.6 is 0 Å². The SMILES string of the molecule is c1ccc(-c2cc(-c3ccc(-c4ccc5c(c4)nc(-c4cccnc4)c4cccc(-c6ccccc6)c45)cc3)nc(-c3ccccc3)n2)cc1.c1ccc(-c2ccc3ccc4ccc(-c5ccc6c(c5)nc(-c5ccccn5)c5cccc(-c7ccccc7)c56)nc4c3n2)cc1.c1ccc(-c2nc(-c3ccccc3)nc(-c3ccc(-c4ccc5c(c4)nc(-c4cccnc4)c4cccc(-c6ccccc6)c45)cc3)n2)cc1. The van der Waals surface area contributed by atoms with Gasteiger partial charge in [0.25, 0.3) is 0 Å². The lowest BCUT2D eigenvalue weighted by molar-refractivity contribution is 1.07. The van der Waals surface area contributed by atoms with Crippen LogP contribution in [-0.2, 0) is 0 Å². The van der Waals surface area contributed by atoms with E-state index in [1.807, 2.05) is 164 Å². The van der Waals surface area contributed by atoms with E-state index in [-0.39, 0.29) is 0 Å². The maximum absolute atomic E-state index is 5.28. The Morgan fingerprint density at radius 1 is 0.144 bits per heavy atom. The highest BCUT2D eigenvalue weighted by molar-refractivity contribution is 6.21. The monoisotopic (exact) mass is 1860 g/mol. The molecule has 27 aromatic rings. The van der Waals surface area contributed by atoms with Gasteiger partial charge >= 0.3 is 0 Å². The van der Waals surface area contributed by atoms with Crippen LogP contribution in [0.2, 0.25) is 0 Å². The van der Waals surface area contributed by atoms with E-state index in [9.17, 15) is 0 Å². The molecule has 0 aliphatic heterocycles. The Balaban J connectivity index is 0.000000114. The predicted molar refractivity (Wildman–Crippen MR) is 598 cm³/mol. The Labute approximate surface area is 842 Å². The standard InChI is InChI=1S/C46H30N4.C45H29N5.C42H26N4/c1-4-12-32(13-5-1)38-19-10-20-40-44(38)39-26-25-36(28-43(39)48-45(40)37-18-11-27-47-30-37)31-21-23-34(24-22-31)42-29-41(33-14-6-2-7-15-33)49-46(50-42)35-16-8-3-9-17-35;1-4-12-31(13-5-1)37-19-10-20-39-41(37)38-26-25-35(28-40(38)47-42(39)36-18-11-27-46-29-36)30-21-23-34(24-22-30)45-49-43(32-14-6-2-7-15-32)48-44(50-45)33-16-8-3-9-17-33;1-3-10-27(11-4-1)32-14-9-15-34-39(32)33-22-19-31(26-38(33)46-42(34)37-16-7-8-25-43-37)36-24-21-30-18-17-29-20-23-35(28-12-5-2-6-13-28)44-40(29)41(30)45-36/h1-30H;1-29H;1-26H. The molecule has 0 saturated heterocycles. The molecule has 0 radical (unpaired) electrons. The largest absolute Gasteiger partial charge is 0.264 e. The molecule has 146 heavy (non-hydrogen) atoms. The zero-order chi connectivity index (χ0) is 97.0. The lowest BCUT2D eigenvalue weighted by Crippen LogP contribution is -2.00. The number of nitrogens with zero attached hydrogens (tertiary/aromatic N) is 13. The maximum Gasteiger partial charge on any atom is 0.164 e. The molecule has 0 fully saturated rings. The van der Waals surface area contributed by atoms with Crippen molar-refractivity contribution in [3.8, 4) is 180 Å². The van der Waals surface area contributed by atoms with Crippen LogP contribution in [0.15, 0.2) is 516 Å². The van der Waals surface area contributed by atoms with Crippen molar-refractivity contribution in [2.45, 2.75) is 0 Å². The fourth-order valence-electron chi connectivity index (χ4n) is 19.8. The molecule has 0 atom stereocenters. The second-order valence-corrected chi connectivity index (χ2v) is 35.9. The lowest BCUT2D eigenvalue weighted by Gasteiger charge is -2.15. The van der Waals surface area contributed by atoms with Gasteiger partial charge in [0.05, 0.1) is 73.1 Å². The van der Waals surface area contributed by atoms with Crippen molar-refractivity contribution in [1.82, 2.24) is 64.8 Å². The third kappa shape index (κ3) is 17.5. The van der Waals surface area contributed by atoms with Gasteiger partial charge in [0.15, 0.2) is 23.3 Å². The maximum atomic E-state index is 5.28. The minimum absolute atomic E-state index is 0.630. The first-order valence-corrected chi connectivity index (χ1v) is 48.7. The number of pyridine rings is 8. The number of hydrogen-bond donors (Lipinski definition) is 0. The molecule has 0 aliphatic rings. The minimum atomic E-state index is 0.630. The van der Waals surface area contributed by atoms with Crippen molar-refractivity contribution in [2.75, 3.05) is 0 Å². The van der Waals surface area contributed by atoms with Gasteiger partial charge in [-0.2, -0.15) is 0 Å². The molecule has 0 unspecified atom stereocenters. The van der Waals surface area contributed by atoms with Gasteiger partial charge in [-0.3, -0.25) is 15.0 Å². The van der Waals surface area contributed by atoms with E-state index in [0.29, 0.717) is 23.3 Å². The third-order valence-electron chi connectivity index (χ3n) is 26.9. The summed E-state index contributed by atoms with van der Waals surface area (Å²) in [6.45, 7) is 0. The Morgan fingerprint density at radius 3 is 0.836 bits per heavy atom. The van der Waals surface area contributed by atoms with Gasteiger partial charge in [-0.25, -0.2) is 49.8 Å². The first kappa shape index (κ1) is 87.6. The van der Waals surface area contributed by atoms with Crippen molar-refractivity contribution in [3.63, 3.8) is 0 Å². The first-order valence-electron chi connectivity index (χ1n) is 48.7. The summed E-state index contributed by atoms with van der Waals surface area (Å²) in [5.41, 5.74) is 33.1. The summed E-state index contributed by atoms with van der Waals surface area (Å²) in [7, 11) is 0. The normalized spacial score (nSPS) is 11.3. The van der Waals surface area contributed by atoms with Crippen LogP contribution < -0.4 is 0 Å². The molecule has 682 valence electrons. The summed E-state index contributed by atoms with van der Waals surface area (Å²) in [6, 6.07) is 168. The smallest absolute Gasteiger partial charge is 0.164 e. The van der Waals surface area contributed by atoms with E-state index in [2.05, 4.69) is 350 Å². The molecule has 0 N–H and O–H groups in total. The molecule has 13 nitrogen and oxygen atoms in total. The molecule has 13 heteroatoms. The molecule has 27 rings (SSSR count). The van der Waals surface area contributed by atoms with Gasteiger partial charge in [-0.05, 0) is 128 Å². The van der Waals surface area contributed by atoms with Gasteiger partial charge in [-0.15, -0.1) is 0 Å². The predicted octanol–water partition coefficient (Wildman–Crippen LogP) is 33.1. The van der Waals surface area contributed by atoms with Crippen LogP contribution in [0.1, 0.15) is 0 Å². The quantitative estimate of drug-likeness (QED) is 0.0839. The topological polar surface area (TPSA) is 168 Å². The zero-order valence-electron chi connectivity index (χ0n) is 78.9. The van der Waals surface area contributed by atoms with Gasteiger partial charge in [0, 0.05) is 146 Å². The van der Waals surface area contributed by atoms with E-state index in [4.69, 9.17) is 54.8 Å². The Bertz CT molecular complexity index is 9040. The van der Waals surface area contributed by atoms with Gasteiger partial charge in [-0.1, -0.05) is 413 Å². The average molecular weight is 1870 g/mol.